The van der Waals surface area contributed by atoms with Crippen LogP contribution in [-0.2, 0) is 0 Å². The summed E-state index contributed by atoms with van der Waals surface area (Å²) in [4.78, 5) is 0. The van der Waals surface area contributed by atoms with E-state index in [1.807, 2.05) is 13.8 Å². The predicted octanol–water partition coefficient (Wildman–Crippen LogP) is 3.29. The van der Waals surface area contributed by atoms with Crippen LogP contribution in [0.5, 0.6) is 0 Å². The quantitative estimate of drug-likeness (QED) is 0.835. The summed E-state index contributed by atoms with van der Waals surface area (Å²) in [5, 5.41) is 12.1. The molecule has 2 atom stereocenters. The highest BCUT2D eigenvalue weighted by atomic mass is 19.4. The van der Waals surface area contributed by atoms with Gasteiger partial charge < -0.3 is 5.11 Å². The summed E-state index contributed by atoms with van der Waals surface area (Å²) in [5.41, 5.74) is 0.159. The van der Waals surface area contributed by atoms with Crippen LogP contribution in [0.2, 0.25) is 0 Å². The summed E-state index contributed by atoms with van der Waals surface area (Å²) < 4.78 is 38.9. The molecule has 0 aliphatic carbocycles. The van der Waals surface area contributed by atoms with E-state index >= 15 is 0 Å². The molecule has 1 aromatic carbocycles. The number of hydrogen-bond donors (Lipinski definition) is 2. The predicted molar refractivity (Wildman–Crippen MR) is 68.7 cm³/mol. The van der Waals surface area contributed by atoms with Crippen molar-refractivity contribution in [3.05, 3.63) is 35.9 Å². The summed E-state index contributed by atoms with van der Waals surface area (Å²) in [6.07, 6.45) is -4.67. The number of aliphatic hydroxyl groups excluding tert-OH is 1. The van der Waals surface area contributed by atoms with Gasteiger partial charge in [0.15, 0.2) is 0 Å². The first-order valence-corrected chi connectivity index (χ1v) is 6.33. The van der Waals surface area contributed by atoms with E-state index in [1.54, 1.807) is 18.2 Å². The molecule has 1 aromatic rings. The minimum Gasteiger partial charge on any atom is -0.392 e. The molecule has 0 fully saturated rings. The van der Waals surface area contributed by atoms with E-state index in [4.69, 9.17) is 0 Å². The van der Waals surface area contributed by atoms with Crippen molar-refractivity contribution in [2.45, 2.75) is 38.6 Å². The smallest absolute Gasteiger partial charge is 0.392 e. The van der Waals surface area contributed by atoms with Crippen LogP contribution in [0.4, 0.5) is 13.2 Å². The molecule has 108 valence electrons. The lowest BCUT2D eigenvalue weighted by Crippen LogP contribution is -2.38. The zero-order valence-electron chi connectivity index (χ0n) is 11.1. The number of halogens is 3. The maximum atomic E-state index is 13.0. The molecule has 0 amide bonds. The van der Waals surface area contributed by atoms with Crippen LogP contribution in [-0.4, -0.2) is 23.9 Å². The van der Waals surface area contributed by atoms with E-state index in [2.05, 4.69) is 5.32 Å². The molecule has 0 aliphatic heterocycles. The molecular weight excluding hydrogens is 255 g/mol. The molecule has 2 N–H and O–H groups in total. The van der Waals surface area contributed by atoms with Gasteiger partial charge in [0, 0.05) is 6.54 Å². The molecule has 0 aromatic heterocycles. The molecule has 2 nitrogen and oxygen atoms in total. The number of nitrogens with one attached hydrogen (secondary N) is 1. The van der Waals surface area contributed by atoms with Crippen LogP contribution in [0, 0.1) is 5.92 Å². The third-order valence-corrected chi connectivity index (χ3v) is 2.76. The van der Waals surface area contributed by atoms with Crippen molar-refractivity contribution in [2.24, 2.45) is 5.92 Å². The SMILES string of the molecule is CC(C)CC(O)CNC(c1ccccc1)C(F)(F)F. The van der Waals surface area contributed by atoms with Crippen molar-refractivity contribution < 1.29 is 18.3 Å². The molecule has 0 radical (unpaired) electrons. The summed E-state index contributed by atoms with van der Waals surface area (Å²) in [6, 6.07) is 5.93. The largest absolute Gasteiger partial charge is 0.407 e. The molecule has 2 unspecified atom stereocenters. The minimum absolute atomic E-state index is 0.0722. The molecule has 0 saturated heterocycles. The van der Waals surface area contributed by atoms with Crippen molar-refractivity contribution in [1.29, 1.82) is 0 Å². The molecule has 0 aliphatic rings. The fourth-order valence-electron chi connectivity index (χ4n) is 1.95. The number of alkyl halides is 3. The van der Waals surface area contributed by atoms with Crippen molar-refractivity contribution in [3.63, 3.8) is 0 Å². The second-order valence-corrected chi connectivity index (χ2v) is 5.08. The highest BCUT2D eigenvalue weighted by Crippen LogP contribution is 2.32. The van der Waals surface area contributed by atoms with Gasteiger partial charge in [0.1, 0.15) is 6.04 Å². The number of rotatable bonds is 6. The van der Waals surface area contributed by atoms with E-state index in [9.17, 15) is 18.3 Å². The Balaban J connectivity index is 2.67. The minimum atomic E-state index is -4.38. The van der Waals surface area contributed by atoms with Gasteiger partial charge in [-0.15, -0.1) is 0 Å². The first kappa shape index (κ1) is 16.0. The monoisotopic (exact) mass is 275 g/mol. The molecule has 0 spiro atoms. The Bertz CT molecular complexity index is 365. The molecule has 5 heteroatoms. The topological polar surface area (TPSA) is 32.3 Å². The second-order valence-electron chi connectivity index (χ2n) is 5.08. The Morgan fingerprint density at radius 2 is 1.74 bits per heavy atom. The van der Waals surface area contributed by atoms with Gasteiger partial charge in [-0.3, -0.25) is 5.32 Å². The lowest BCUT2D eigenvalue weighted by atomic mass is 10.0. The number of aliphatic hydroxyl groups is 1. The Hall–Kier alpha value is -1.07. The van der Waals surface area contributed by atoms with Crippen molar-refractivity contribution >= 4 is 0 Å². The van der Waals surface area contributed by atoms with Crippen molar-refractivity contribution in [1.82, 2.24) is 5.32 Å². The highest BCUT2D eigenvalue weighted by Gasteiger charge is 2.40. The third-order valence-electron chi connectivity index (χ3n) is 2.76. The molecular formula is C14H20F3NO. The van der Waals surface area contributed by atoms with Gasteiger partial charge in [-0.05, 0) is 17.9 Å². The fourth-order valence-corrected chi connectivity index (χ4v) is 1.95. The standard InChI is InChI=1S/C14H20F3NO/c1-10(2)8-12(19)9-18-13(14(15,16)17)11-6-4-3-5-7-11/h3-7,10,12-13,18-19H,8-9H2,1-2H3. The van der Waals surface area contributed by atoms with Gasteiger partial charge in [0.25, 0.3) is 0 Å². The van der Waals surface area contributed by atoms with Gasteiger partial charge in [-0.2, -0.15) is 13.2 Å². The molecule has 0 saturated carbocycles. The highest BCUT2D eigenvalue weighted by molar-refractivity contribution is 5.20. The average Bonchev–Trinajstić information content (AvgIpc) is 2.27. The van der Waals surface area contributed by atoms with E-state index in [-0.39, 0.29) is 18.0 Å². The summed E-state index contributed by atoms with van der Waals surface area (Å²) in [7, 11) is 0. The van der Waals surface area contributed by atoms with Gasteiger partial charge in [0.05, 0.1) is 6.10 Å². The molecule has 1 rings (SSSR count). The Morgan fingerprint density at radius 1 is 1.16 bits per heavy atom. The van der Waals surface area contributed by atoms with Crippen molar-refractivity contribution in [3.8, 4) is 0 Å². The third kappa shape index (κ3) is 5.61. The molecule has 0 heterocycles. The van der Waals surface area contributed by atoms with Crippen molar-refractivity contribution in [2.75, 3.05) is 6.54 Å². The van der Waals surface area contributed by atoms with Crippen LogP contribution in [0.1, 0.15) is 31.9 Å². The van der Waals surface area contributed by atoms with Gasteiger partial charge >= 0.3 is 6.18 Å². The lowest BCUT2D eigenvalue weighted by Gasteiger charge is -2.24. The number of hydrogen-bond acceptors (Lipinski definition) is 2. The van der Waals surface area contributed by atoms with E-state index in [1.165, 1.54) is 12.1 Å². The summed E-state index contributed by atoms with van der Waals surface area (Å²) in [5.74, 6) is 0.248. The average molecular weight is 275 g/mol. The van der Waals surface area contributed by atoms with Crippen LogP contribution in [0.3, 0.4) is 0 Å². The van der Waals surface area contributed by atoms with Gasteiger partial charge in [0.2, 0.25) is 0 Å². The Morgan fingerprint density at radius 3 is 2.21 bits per heavy atom. The maximum Gasteiger partial charge on any atom is 0.407 e. The molecule has 0 bridgehead atoms. The first-order chi connectivity index (χ1) is 8.80. The normalized spacial score (nSPS) is 15.5. The van der Waals surface area contributed by atoms with Crippen LogP contribution < -0.4 is 5.32 Å². The van der Waals surface area contributed by atoms with Gasteiger partial charge in [-0.25, -0.2) is 0 Å². The lowest BCUT2D eigenvalue weighted by molar-refractivity contribution is -0.158. The Labute approximate surface area is 111 Å². The Kier molecular flexibility index (Phi) is 5.82. The zero-order valence-corrected chi connectivity index (χ0v) is 11.1. The van der Waals surface area contributed by atoms with E-state index in [0.717, 1.165) is 0 Å². The van der Waals surface area contributed by atoms with Crippen LogP contribution in [0.15, 0.2) is 30.3 Å². The fraction of sp³-hybridized carbons (Fsp3) is 0.571. The van der Waals surface area contributed by atoms with Crippen LogP contribution in [0.25, 0.3) is 0 Å². The van der Waals surface area contributed by atoms with Crippen LogP contribution >= 0.6 is 0 Å². The zero-order chi connectivity index (χ0) is 14.5. The maximum absolute atomic E-state index is 13.0. The molecule has 19 heavy (non-hydrogen) atoms. The summed E-state index contributed by atoms with van der Waals surface area (Å²) >= 11 is 0. The second kappa shape index (κ2) is 6.91. The number of benzene rings is 1. The first-order valence-electron chi connectivity index (χ1n) is 6.33. The summed E-state index contributed by atoms with van der Waals surface area (Å²) in [6.45, 7) is 3.76. The van der Waals surface area contributed by atoms with E-state index in [0.29, 0.717) is 6.42 Å². The van der Waals surface area contributed by atoms with E-state index < -0.39 is 18.3 Å². The van der Waals surface area contributed by atoms with Gasteiger partial charge in [-0.1, -0.05) is 44.2 Å².